The van der Waals surface area contributed by atoms with Gasteiger partial charge in [0, 0.05) is 0 Å². The van der Waals surface area contributed by atoms with Crippen LogP contribution in [0, 0.1) is 0 Å². The van der Waals surface area contributed by atoms with Crippen molar-refractivity contribution in [2.24, 2.45) is 0 Å². The normalized spacial score (nSPS) is 13.1. The van der Waals surface area contributed by atoms with Gasteiger partial charge in [-0.2, -0.15) is 0 Å². The highest BCUT2D eigenvalue weighted by atomic mass is 28.4. The fourth-order valence-corrected chi connectivity index (χ4v) is 6.66. The van der Waals surface area contributed by atoms with Gasteiger partial charge in [-0.3, -0.25) is 0 Å². The van der Waals surface area contributed by atoms with Gasteiger partial charge < -0.3 is 12.3 Å². The quantitative estimate of drug-likeness (QED) is 0.404. The lowest BCUT2D eigenvalue weighted by atomic mass is 10.2. The molecular weight excluding hydrogens is 244 g/mol. The molecule has 0 radical (unpaired) electrons. The molecule has 14 heavy (non-hydrogen) atoms. The number of benzene rings is 1. The maximum absolute atomic E-state index is 5.57. The average Bonchev–Trinajstić information content (AvgIpc) is 2.25. The SMILES string of the molecule is [SiH3]O[SiH2]O[SiH2]O[SiH2]Cc1ccccc1. The molecule has 0 fully saturated rings. The van der Waals surface area contributed by atoms with Gasteiger partial charge in [0.05, 0.1) is 0 Å². The van der Waals surface area contributed by atoms with Crippen molar-refractivity contribution in [1.29, 1.82) is 0 Å². The van der Waals surface area contributed by atoms with Crippen LogP contribution in [0.1, 0.15) is 5.56 Å². The Morgan fingerprint density at radius 3 is 2.57 bits per heavy atom. The van der Waals surface area contributed by atoms with E-state index in [1.807, 2.05) is 6.07 Å². The average molecular weight is 261 g/mol. The second kappa shape index (κ2) is 8.29. The Morgan fingerprint density at radius 1 is 1.07 bits per heavy atom. The molecule has 0 aliphatic carbocycles. The van der Waals surface area contributed by atoms with E-state index in [4.69, 9.17) is 12.3 Å². The Hall–Kier alpha value is -0.0325. The Balaban J connectivity index is 1.99. The first-order valence-electron chi connectivity index (χ1n) is 4.62. The van der Waals surface area contributed by atoms with Crippen LogP contribution in [0.15, 0.2) is 30.3 Å². The molecule has 78 valence electrons. The topological polar surface area (TPSA) is 27.7 Å². The van der Waals surface area contributed by atoms with E-state index in [9.17, 15) is 0 Å². The van der Waals surface area contributed by atoms with Crippen LogP contribution in [0.2, 0.25) is 0 Å². The minimum Gasteiger partial charge on any atom is -0.449 e. The molecule has 0 unspecified atom stereocenters. The third-order valence-corrected chi connectivity index (χ3v) is 6.62. The predicted molar refractivity (Wildman–Crippen MR) is 69.0 cm³/mol. The molecular formula is C7H16O3Si4. The summed E-state index contributed by atoms with van der Waals surface area (Å²) in [5, 5.41) is 0. The maximum Gasteiger partial charge on any atom is 0.284 e. The van der Waals surface area contributed by atoms with E-state index in [1.165, 1.54) is 5.56 Å². The van der Waals surface area contributed by atoms with Gasteiger partial charge >= 0.3 is 0 Å². The first-order chi connectivity index (χ1) is 6.93. The monoisotopic (exact) mass is 260 g/mol. The molecule has 0 saturated carbocycles. The molecule has 0 aliphatic rings. The van der Waals surface area contributed by atoms with Crippen LogP contribution >= 0.6 is 0 Å². The van der Waals surface area contributed by atoms with Crippen molar-refractivity contribution in [1.82, 2.24) is 0 Å². The van der Waals surface area contributed by atoms with Crippen LogP contribution in [0.3, 0.4) is 0 Å². The molecule has 3 nitrogen and oxygen atoms in total. The molecule has 0 spiro atoms. The third-order valence-electron chi connectivity index (χ3n) is 1.75. The van der Waals surface area contributed by atoms with E-state index in [0.717, 1.165) is 16.5 Å². The van der Waals surface area contributed by atoms with Crippen molar-refractivity contribution in [3.05, 3.63) is 35.9 Å². The van der Waals surface area contributed by atoms with Crippen LogP contribution in [0.4, 0.5) is 0 Å². The van der Waals surface area contributed by atoms with Gasteiger partial charge in [-0.1, -0.05) is 30.3 Å². The molecule has 0 atom stereocenters. The van der Waals surface area contributed by atoms with Gasteiger partial charge in [0.15, 0.2) is 9.76 Å². The summed E-state index contributed by atoms with van der Waals surface area (Å²) in [5.74, 6) is 0. The van der Waals surface area contributed by atoms with E-state index < -0.39 is 29.8 Å². The summed E-state index contributed by atoms with van der Waals surface area (Å²) in [6.07, 6.45) is 0. The highest BCUT2D eigenvalue weighted by molar-refractivity contribution is 6.44. The van der Waals surface area contributed by atoms with E-state index in [-0.39, 0.29) is 0 Å². The van der Waals surface area contributed by atoms with E-state index >= 15 is 0 Å². The Morgan fingerprint density at radius 2 is 1.86 bits per heavy atom. The second-order valence-corrected chi connectivity index (χ2v) is 9.83. The summed E-state index contributed by atoms with van der Waals surface area (Å²) < 4.78 is 15.9. The molecule has 0 saturated heterocycles. The van der Waals surface area contributed by atoms with Gasteiger partial charge in [-0.15, -0.1) is 0 Å². The fraction of sp³-hybridized carbons (Fsp3) is 0.143. The Labute approximate surface area is 94.8 Å². The Kier molecular flexibility index (Phi) is 7.13. The lowest BCUT2D eigenvalue weighted by Gasteiger charge is -2.04. The van der Waals surface area contributed by atoms with Gasteiger partial charge in [0.1, 0.15) is 10.5 Å². The van der Waals surface area contributed by atoms with Crippen molar-refractivity contribution < 1.29 is 12.3 Å². The lowest BCUT2D eigenvalue weighted by Crippen LogP contribution is -2.14. The van der Waals surface area contributed by atoms with Crippen LogP contribution < -0.4 is 0 Å². The minimum atomic E-state index is -0.695. The zero-order valence-corrected chi connectivity index (χ0v) is 14.7. The van der Waals surface area contributed by atoms with Crippen molar-refractivity contribution in [2.75, 3.05) is 0 Å². The summed E-state index contributed by atoms with van der Waals surface area (Å²) >= 11 is 0. The summed E-state index contributed by atoms with van der Waals surface area (Å²) in [7, 11) is -0.940. The van der Waals surface area contributed by atoms with Gasteiger partial charge in [-0.25, -0.2) is 0 Å². The smallest absolute Gasteiger partial charge is 0.284 e. The summed E-state index contributed by atoms with van der Waals surface area (Å²) in [6, 6.07) is 11.6. The second-order valence-electron chi connectivity index (χ2n) is 2.87. The van der Waals surface area contributed by atoms with Crippen molar-refractivity contribution >= 4 is 40.3 Å². The number of hydrogen-bond acceptors (Lipinski definition) is 3. The molecule has 0 amide bonds. The van der Waals surface area contributed by atoms with Crippen LogP contribution in [0.5, 0.6) is 0 Å². The largest absolute Gasteiger partial charge is 0.449 e. The summed E-state index contributed by atoms with van der Waals surface area (Å²) in [5.41, 5.74) is 1.38. The van der Waals surface area contributed by atoms with Crippen LogP contribution in [-0.4, -0.2) is 40.3 Å². The molecule has 0 heterocycles. The van der Waals surface area contributed by atoms with Gasteiger partial charge in [0.25, 0.3) is 20.0 Å². The molecule has 0 N–H and O–H groups in total. The van der Waals surface area contributed by atoms with Crippen molar-refractivity contribution in [3.8, 4) is 0 Å². The molecule has 1 aromatic carbocycles. The summed E-state index contributed by atoms with van der Waals surface area (Å²) in [6.45, 7) is 0. The van der Waals surface area contributed by atoms with Crippen LogP contribution in [0.25, 0.3) is 0 Å². The number of hydrogen-bond donors (Lipinski definition) is 0. The zero-order valence-electron chi connectivity index (χ0n) is 8.44. The highest BCUT2D eigenvalue weighted by Crippen LogP contribution is 1.97. The maximum atomic E-state index is 5.57. The number of rotatable bonds is 7. The fourth-order valence-electron chi connectivity index (χ4n) is 1.07. The third kappa shape index (κ3) is 5.65. The highest BCUT2D eigenvalue weighted by Gasteiger charge is 1.93. The van der Waals surface area contributed by atoms with E-state index in [0.29, 0.717) is 0 Å². The van der Waals surface area contributed by atoms with Gasteiger partial charge in [-0.05, 0) is 11.6 Å². The molecule has 0 bridgehead atoms. The standard InChI is InChI=1S/C7H16O3Si4/c11-8-13-10-14-9-12-6-7-4-2-1-3-5-7/h1-5H,6,12-14H2,11H3. The summed E-state index contributed by atoms with van der Waals surface area (Å²) in [4.78, 5) is 0. The van der Waals surface area contributed by atoms with E-state index in [2.05, 4.69) is 24.3 Å². The lowest BCUT2D eigenvalue weighted by molar-refractivity contribution is 0.438. The van der Waals surface area contributed by atoms with Gasteiger partial charge in [0.2, 0.25) is 0 Å². The Bertz CT molecular complexity index is 234. The molecule has 1 rings (SSSR count). The first kappa shape index (κ1) is 12.0. The minimum absolute atomic E-state index is 0.400. The molecule has 0 aliphatic heterocycles. The molecule has 7 heteroatoms. The van der Waals surface area contributed by atoms with Crippen molar-refractivity contribution in [2.45, 2.75) is 6.04 Å². The van der Waals surface area contributed by atoms with E-state index in [1.54, 1.807) is 0 Å². The predicted octanol–water partition coefficient (Wildman–Crippen LogP) is -2.40. The zero-order chi connectivity index (χ0) is 10.1. The van der Waals surface area contributed by atoms with Crippen LogP contribution in [-0.2, 0) is 18.4 Å². The molecule has 1 aromatic rings. The van der Waals surface area contributed by atoms with Crippen molar-refractivity contribution in [3.63, 3.8) is 0 Å². The molecule has 0 aromatic heterocycles. The first-order valence-corrected chi connectivity index (χ1v) is 9.32.